The molecule has 0 amide bonds. The Labute approximate surface area is 124 Å². The van der Waals surface area contributed by atoms with E-state index in [-0.39, 0.29) is 11.8 Å². The van der Waals surface area contributed by atoms with Crippen molar-refractivity contribution in [2.45, 2.75) is 25.7 Å². The highest BCUT2D eigenvalue weighted by molar-refractivity contribution is 6.30. The first-order valence-electron chi connectivity index (χ1n) is 6.67. The molecule has 1 aliphatic rings. The van der Waals surface area contributed by atoms with E-state index >= 15 is 0 Å². The molecule has 1 aromatic carbocycles. The number of anilines is 1. The van der Waals surface area contributed by atoms with Crippen LogP contribution in [0.5, 0.6) is 0 Å². The van der Waals surface area contributed by atoms with Crippen molar-refractivity contribution in [2.75, 3.05) is 11.4 Å². The van der Waals surface area contributed by atoms with Crippen LogP contribution in [0.15, 0.2) is 48.8 Å². The molecule has 1 unspecified atom stereocenters. The molecule has 2 aromatic rings. The molecule has 1 fully saturated rings. The van der Waals surface area contributed by atoms with Crippen LogP contribution in [0.2, 0.25) is 5.02 Å². The molecular formula is C16H17ClN2O. The number of ether oxygens (including phenoxy) is 1. The van der Waals surface area contributed by atoms with E-state index in [4.69, 9.17) is 16.3 Å². The predicted molar refractivity (Wildman–Crippen MR) is 80.9 cm³/mol. The molecule has 1 aliphatic heterocycles. The van der Waals surface area contributed by atoms with Gasteiger partial charge in [0.25, 0.3) is 0 Å². The first-order valence-corrected chi connectivity index (χ1v) is 7.05. The first kappa shape index (κ1) is 13.4. The fourth-order valence-corrected chi connectivity index (χ4v) is 2.74. The van der Waals surface area contributed by atoms with Gasteiger partial charge in [-0.1, -0.05) is 23.7 Å². The summed E-state index contributed by atoms with van der Waals surface area (Å²) in [6.45, 7) is 4.96. The summed E-state index contributed by atoms with van der Waals surface area (Å²) in [5, 5.41) is 0.745. The van der Waals surface area contributed by atoms with E-state index in [0.29, 0.717) is 0 Å². The third-order valence-corrected chi connectivity index (χ3v) is 3.88. The monoisotopic (exact) mass is 288 g/mol. The fourth-order valence-electron chi connectivity index (χ4n) is 2.62. The van der Waals surface area contributed by atoms with Crippen LogP contribution < -0.4 is 4.90 Å². The van der Waals surface area contributed by atoms with Crippen molar-refractivity contribution in [1.29, 1.82) is 0 Å². The summed E-state index contributed by atoms with van der Waals surface area (Å²) in [5.74, 6) is 0. The molecule has 2 heterocycles. The second-order valence-electron chi connectivity index (χ2n) is 5.43. The van der Waals surface area contributed by atoms with E-state index in [0.717, 1.165) is 22.8 Å². The second-order valence-corrected chi connectivity index (χ2v) is 5.86. The summed E-state index contributed by atoms with van der Waals surface area (Å²) in [5.41, 5.74) is 1.87. The number of pyridine rings is 1. The van der Waals surface area contributed by atoms with Crippen molar-refractivity contribution >= 4 is 17.3 Å². The number of nitrogens with zero attached hydrogens (tertiary/aromatic N) is 2. The van der Waals surface area contributed by atoms with Crippen LogP contribution in [0.25, 0.3) is 0 Å². The largest absolute Gasteiger partial charge is 0.346 e. The number of hydrogen-bond acceptors (Lipinski definition) is 3. The number of aromatic nitrogens is 1. The van der Waals surface area contributed by atoms with Crippen molar-refractivity contribution < 1.29 is 4.74 Å². The van der Waals surface area contributed by atoms with E-state index in [1.165, 1.54) is 0 Å². The van der Waals surface area contributed by atoms with Gasteiger partial charge in [0.15, 0.2) is 0 Å². The lowest BCUT2D eigenvalue weighted by molar-refractivity contribution is -0.0137. The third kappa shape index (κ3) is 2.51. The minimum absolute atomic E-state index is 0.0440. The molecule has 0 aliphatic carbocycles. The fraction of sp³-hybridized carbons (Fsp3) is 0.312. The lowest BCUT2D eigenvalue weighted by atomic mass is 10.1. The average Bonchev–Trinajstić information content (AvgIpc) is 2.76. The number of benzene rings is 1. The molecule has 0 N–H and O–H groups in total. The predicted octanol–water partition coefficient (Wildman–Crippen LogP) is 4.05. The number of hydrogen-bond donors (Lipinski definition) is 0. The molecule has 1 aromatic heterocycles. The van der Waals surface area contributed by atoms with Gasteiger partial charge in [-0.3, -0.25) is 4.98 Å². The Morgan fingerprint density at radius 1 is 1.25 bits per heavy atom. The van der Waals surface area contributed by atoms with E-state index in [2.05, 4.69) is 29.8 Å². The first-order chi connectivity index (χ1) is 9.56. The van der Waals surface area contributed by atoms with Crippen molar-refractivity contribution in [2.24, 2.45) is 0 Å². The summed E-state index contributed by atoms with van der Waals surface area (Å²) >= 11 is 5.94. The van der Waals surface area contributed by atoms with Gasteiger partial charge in [0.05, 0.1) is 18.4 Å². The van der Waals surface area contributed by atoms with E-state index in [1.807, 2.05) is 36.5 Å². The second kappa shape index (κ2) is 5.08. The van der Waals surface area contributed by atoms with Gasteiger partial charge >= 0.3 is 0 Å². The Morgan fingerprint density at radius 3 is 2.65 bits per heavy atom. The standard InChI is InChI=1S/C16H17ClN2O/c1-16(2)19(14-4-3-9-18-10-14)11-15(20-16)12-5-7-13(17)8-6-12/h3-10,15H,11H2,1-2H3. The third-order valence-electron chi connectivity index (χ3n) is 3.63. The Kier molecular flexibility index (Phi) is 3.40. The van der Waals surface area contributed by atoms with E-state index in [1.54, 1.807) is 6.20 Å². The maximum absolute atomic E-state index is 6.20. The van der Waals surface area contributed by atoms with Gasteiger partial charge in [-0.05, 0) is 43.7 Å². The molecule has 3 rings (SSSR count). The topological polar surface area (TPSA) is 25.4 Å². The zero-order valence-electron chi connectivity index (χ0n) is 11.6. The van der Waals surface area contributed by atoms with E-state index in [9.17, 15) is 0 Å². The molecule has 20 heavy (non-hydrogen) atoms. The van der Waals surface area contributed by atoms with Gasteiger partial charge < -0.3 is 9.64 Å². The lowest BCUT2D eigenvalue weighted by Crippen LogP contribution is -2.39. The zero-order chi connectivity index (χ0) is 14.2. The minimum atomic E-state index is -0.354. The van der Waals surface area contributed by atoms with Crippen molar-refractivity contribution in [3.63, 3.8) is 0 Å². The van der Waals surface area contributed by atoms with Crippen LogP contribution in [-0.4, -0.2) is 17.3 Å². The van der Waals surface area contributed by atoms with Gasteiger partial charge in [-0.25, -0.2) is 0 Å². The Morgan fingerprint density at radius 2 is 2.00 bits per heavy atom. The highest BCUT2D eigenvalue weighted by Crippen LogP contribution is 2.38. The number of halogens is 1. The Balaban J connectivity index is 1.87. The van der Waals surface area contributed by atoms with Crippen LogP contribution in [0.4, 0.5) is 5.69 Å². The quantitative estimate of drug-likeness (QED) is 0.833. The van der Waals surface area contributed by atoms with Crippen LogP contribution >= 0.6 is 11.6 Å². The molecule has 0 spiro atoms. The molecule has 1 atom stereocenters. The lowest BCUT2D eigenvalue weighted by Gasteiger charge is -2.31. The normalized spacial score (nSPS) is 21.1. The van der Waals surface area contributed by atoms with Crippen LogP contribution in [0.3, 0.4) is 0 Å². The molecule has 0 bridgehead atoms. The summed E-state index contributed by atoms with van der Waals surface area (Å²) in [4.78, 5) is 6.42. The molecule has 0 radical (unpaired) electrons. The summed E-state index contributed by atoms with van der Waals surface area (Å²) in [7, 11) is 0. The molecule has 1 saturated heterocycles. The van der Waals surface area contributed by atoms with Crippen molar-refractivity contribution in [1.82, 2.24) is 4.98 Å². The number of rotatable bonds is 2. The van der Waals surface area contributed by atoms with Crippen LogP contribution in [-0.2, 0) is 4.74 Å². The van der Waals surface area contributed by atoms with Gasteiger partial charge in [-0.2, -0.15) is 0 Å². The maximum atomic E-state index is 6.20. The van der Waals surface area contributed by atoms with Crippen molar-refractivity contribution in [3.8, 4) is 0 Å². The van der Waals surface area contributed by atoms with Gasteiger partial charge in [0.1, 0.15) is 11.8 Å². The Bertz CT molecular complexity index is 583. The smallest absolute Gasteiger partial charge is 0.136 e. The van der Waals surface area contributed by atoms with Crippen LogP contribution in [0, 0.1) is 0 Å². The van der Waals surface area contributed by atoms with Gasteiger partial charge in [0.2, 0.25) is 0 Å². The summed E-state index contributed by atoms with van der Waals surface area (Å²) in [6, 6.07) is 11.9. The maximum Gasteiger partial charge on any atom is 0.136 e. The SMILES string of the molecule is CC1(C)OC(c2ccc(Cl)cc2)CN1c1cccnc1. The molecule has 104 valence electrons. The van der Waals surface area contributed by atoms with Gasteiger partial charge in [0, 0.05) is 11.2 Å². The zero-order valence-corrected chi connectivity index (χ0v) is 12.3. The summed E-state index contributed by atoms with van der Waals surface area (Å²) in [6.07, 6.45) is 3.70. The van der Waals surface area contributed by atoms with Gasteiger partial charge in [-0.15, -0.1) is 0 Å². The van der Waals surface area contributed by atoms with E-state index < -0.39 is 0 Å². The highest BCUT2D eigenvalue weighted by atomic mass is 35.5. The van der Waals surface area contributed by atoms with Crippen LogP contribution in [0.1, 0.15) is 25.5 Å². The molecular weight excluding hydrogens is 272 g/mol. The molecule has 4 heteroatoms. The molecule has 0 saturated carbocycles. The van der Waals surface area contributed by atoms with Crippen molar-refractivity contribution in [3.05, 3.63) is 59.4 Å². The Hall–Kier alpha value is -1.58. The highest BCUT2D eigenvalue weighted by Gasteiger charge is 2.40. The molecule has 3 nitrogen and oxygen atoms in total. The minimum Gasteiger partial charge on any atom is -0.346 e. The summed E-state index contributed by atoms with van der Waals surface area (Å²) < 4.78 is 6.20. The average molecular weight is 289 g/mol.